The van der Waals surface area contributed by atoms with Gasteiger partial charge in [0.2, 0.25) is 10.0 Å². The number of nitrogens with zero attached hydrogens (tertiary/aromatic N) is 3. The quantitative estimate of drug-likeness (QED) is 0.318. The van der Waals surface area contributed by atoms with Gasteiger partial charge in [0.05, 0.1) is 26.6 Å². The standard InChI is InChI=1S/C25H31N3O7S3/c1-5-8-15-27(6-2)38(33,34)19-11-9-18(10-12-19)24(30)26-25-28(17-23(29)35-7-3)21-14-13-20(37(4,31)32)16-22(21)36-25/h9-14,16H,5-8,15,17H2,1-4H3. The van der Waals surface area contributed by atoms with Crippen LogP contribution in [0, 0.1) is 0 Å². The second-order valence-electron chi connectivity index (χ2n) is 8.47. The first-order valence-electron chi connectivity index (χ1n) is 12.1. The van der Waals surface area contributed by atoms with Crippen LogP contribution in [0.2, 0.25) is 0 Å². The largest absolute Gasteiger partial charge is 0.465 e. The Bertz CT molecular complexity index is 1600. The number of fused-ring (bicyclic) bond motifs is 1. The molecule has 10 nitrogen and oxygen atoms in total. The van der Waals surface area contributed by atoms with E-state index in [9.17, 15) is 26.4 Å². The molecule has 1 aromatic heterocycles. The number of unbranched alkanes of at least 4 members (excludes halogenated alkanes) is 1. The number of benzene rings is 2. The van der Waals surface area contributed by atoms with E-state index in [1.54, 1.807) is 19.9 Å². The van der Waals surface area contributed by atoms with Crippen molar-refractivity contribution in [3.8, 4) is 0 Å². The maximum atomic E-state index is 13.0. The van der Waals surface area contributed by atoms with Gasteiger partial charge in [-0.05, 0) is 55.8 Å². The maximum Gasteiger partial charge on any atom is 0.326 e. The van der Waals surface area contributed by atoms with Crippen LogP contribution in [0.5, 0.6) is 0 Å². The lowest BCUT2D eigenvalue weighted by atomic mass is 10.2. The highest BCUT2D eigenvalue weighted by atomic mass is 32.2. The van der Waals surface area contributed by atoms with Crippen molar-refractivity contribution in [1.82, 2.24) is 8.87 Å². The van der Waals surface area contributed by atoms with Gasteiger partial charge in [-0.15, -0.1) is 0 Å². The van der Waals surface area contributed by atoms with Crippen LogP contribution in [0.15, 0.2) is 57.2 Å². The highest BCUT2D eigenvalue weighted by Gasteiger charge is 2.23. The molecule has 0 N–H and O–H groups in total. The van der Waals surface area contributed by atoms with Gasteiger partial charge in [0.1, 0.15) is 6.54 Å². The fourth-order valence-electron chi connectivity index (χ4n) is 3.71. The third-order valence-electron chi connectivity index (χ3n) is 5.72. The van der Waals surface area contributed by atoms with E-state index in [4.69, 9.17) is 4.74 Å². The van der Waals surface area contributed by atoms with E-state index in [-0.39, 0.29) is 33.3 Å². The van der Waals surface area contributed by atoms with Crippen molar-refractivity contribution in [2.45, 2.75) is 49.9 Å². The van der Waals surface area contributed by atoms with Gasteiger partial charge in [0.15, 0.2) is 14.6 Å². The van der Waals surface area contributed by atoms with Gasteiger partial charge in [-0.1, -0.05) is 31.6 Å². The molecule has 206 valence electrons. The topological polar surface area (TPSA) is 132 Å². The Morgan fingerprint density at radius 1 is 1.00 bits per heavy atom. The Morgan fingerprint density at radius 2 is 1.66 bits per heavy atom. The normalized spacial score (nSPS) is 12.8. The maximum absolute atomic E-state index is 13.0. The molecule has 0 fully saturated rings. The molecule has 13 heteroatoms. The minimum Gasteiger partial charge on any atom is -0.465 e. The number of hydrogen-bond donors (Lipinski definition) is 0. The summed E-state index contributed by atoms with van der Waals surface area (Å²) in [7, 11) is -7.16. The molecule has 0 unspecified atom stereocenters. The summed E-state index contributed by atoms with van der Waals surface area (Å²) in [5, 5.41) is 0. The van der Waals surface area contributed by atoms with Crippen molar-refractivity contribution in [1.29, 1.82) is 0 Å². The molecule has 3 rings (SSSR count). The summed E-state index contributed by atoms with van der Waals surface area (Å²) in [4.78, 5) is 29.8. The lowest BCUT2D eigenvalue weighted by molar-refractivity contribution is -0.143. The number of rotatable bonds is 11. The molecule has 2 aromatic carbocycles. The first-order valence-corrected chi connectivity index (χ1v) is 16.3. The van der Waals surface area contributed by atoms with Gasteiger partial charge >= 0.3 is 5.97 Å². The van der Waals surface area contributed by atoms with Crippen LogP contribution in [-0.4, -0.2) is 63.5 Å². The summed E-state index contributed by atoms with van der Waals surface area (Å²) >= 11 is 1.06. The Kier molecular flexibility index (Phi) is 9.63. The number of carbonyl (C=O) groups excluding carboxylic acids is 2. The molecule has 0 aliphatic carbocycles. The molecule has 0 saturated heterocycles. The number of hydrogen-bond acceptors (Lipinski definition) is 8. The number of esters is 1. The molecular formula is C25H31N3O7S3. The van der Waals surface area contributed by atoms with Gasteiger partial charge in [0, 0.05) is 24.9 Å². The SMILES string of the molecule is CCCCN(CC)S(=O)(=O)c1ccc(C(=O)N=c2sc3cc(S(C)(=O)=O)ccc3n2CC(=O)OCC)cc1. The number of amides is 1. The van der Waals surface area contributed by atoms with E-state index in [1.807, 2.05) is 6.92 Å². The lowest BCUT2D eigenvalue weighted by Crippen LogP contribution is -2.31. The summed E-state index contributed by atoms with van der Waals surface area (Å²) in [5.74, 6) is -1.17. The predicted octanol–water partition coefficient (Wildman–Crippen LogP) is 3.22. The van der Waals surface area contributed by atoms with Crippen LogP contribution in [0.3, 0.4) is 0 Å². The molecule has 0 saturated carbocycles. The number of aromatic nitrogens is 1. The molecular weight excluding hydrogens is 550 g/mol. The molecule has 1 heterocycles. The zero-order valence-electron chi connectivity index (χ0n) is 21.7. The summed E-state index contributed by atoms with van der Waals surface area (Å²) in [6.07, 6.45) is 2.70. The van der Waals surface area contributed by atoms with Crippen LogP contribution < -0.4 is 4.80 Å². The van der Waals surface area contributed by atoms with Crippen LogP contribution in [0.4, 0.5) is 0 Å². The fraction of sp³-hybridized carbons (Fsp3) is 0.400. The van der Waals surface area contributed by atoms with E-state index < -0.39 is 31.7 Å². The number of carbonyl (C=O) groups is 2. The predicted molar refractivity (Wildman–Crippen MR) is 145 cm³/mol. The Labute approximate surface area is 226 Å². The zero-order valence-corrected chi connectivity index (χ0v) is 24.2. The summed E-state index contributed by atoms with van der Waals surface area (Å²) in [6.45, 7) is 6.15. The Balaban J connectivity index is 2.02. The minimum atomic E-state index is -3.70. The fourth-order valence-corrected chi connectivity index (χ4v) is 6.99. The molecule has 3 aromatic rings. The summed E-state index contributed by atoms with van der Waals surface area (Å²) in [5.41, 5.74) is 0.688. The minimum absolute atomic E-state index is 0.0829. The van der Waals surface area contributed by atoms with Crippen molar-refractivity contribution in [2.24, 2.45) is 4.99 Å². The molecule has 0 atom stereocenters. The average molecular weight is 582 g/mol. The first-order chi connectivity index (χ1) is 17.9. The van der Waals surface area contributed by atoms with Gasteiger partial charge in [-0.25, -0.2) is 16.8 Å². The third kappa shape index (κ3) is 6.76. The van der Waals surface area contributed by atoms with Crippen molar-refractivity contribution in [2.75, 3.05) is 26.0 Å². The van der Waals surface area contributed by atoms with Crippen LogP contribution in [0.25, 0.3) is 10.2 Å². The highest BCUT2D eigenvalue weighted by molar-refractivity contribution is 7.90. The van der Waals surface area contributed by atoms with Crippen LogP contribution >= 0.6 is 11.3 Å². The lowest BCUT2D eigenvalue weighted by Gasteiger charge is -2.20. The van der Waals surface area contributed by atoms with Gasteiger partial charge < -0.3 is 9.30 Å². The van der Waals surface area contributed by atoms with E-state index >= 15 is 0 Å². The van der Waals surface area contributed by atoms with Gasteiger partial charge in [0.25, 0.3) is 5.91 Å². The van der Waals surface area contributed by atoms with E-state index in [2.05, 4.69) is 4.99 Å². The number of sulfonamides is 1. The molecule has 0 radical (unpaired) electrons. The monoisotopic (exact) mass is 581 g/mol. The van der Waals surface area contributed by atoms with E-state index in [1.165, 1.54) is 45.3 Å². The molecule has 1 amide bonds. The van der Waals surface area contributed by atoms with Crippen molar-refractivity contribution in [3.63, 3.8) is 0 Å². The third-order valence-corrected chi connectivity index (χ3v) is 9.86. The average Bonchev–Trinajstić information content (AvgIpc) is 3.20. The molecule has 0 bridgehead atoms. The number of sulfone groups is 1. The summed E-state index contributed by atoms with van der Waals surface area (Å²) in [6, 6.07) is 10.0. The van der Waals surface area contributed by atoms with Crippen LogP contribution in [0.1, 0.15) is 44.0 Å². The molecule has 0 aliphatic heterocycles. The Morgan fingerprint density at radius 3 is 2.24 bits per heavy atom. The smallest absolute Gasteiger partial charge is 0.326 e. The highest BCUT2D eigenvalue weighted by Crippen LogP contribution is 2.22. The van der Waals surface area contributed by atoms with E-state index in [0.29, 0.717) is 23.3 Å². The van der Waals surface area contributed by atoms with Crippen molar-refractivity contribution >= 4 is 53.3 Å². The molecule has 0 spiro atoms. The second kappa shape index (κ2) is 12.3. The number of ether oxygens (including phenoxy) is 1. The number of thiazole rings is 1. The van der Waals surface area contributed by atoms with Gasteiger partial charge in [-0.3, -0.25) is 9.59 Å². The second-order valence-corrected chi connectivity index (χ2v) is 13.4. The first kappa shape index (κ1) is 29.7. The van der Waals surface area contributed by atoms with Crippen LogP contribution in [-0.2, 0) is 35.9 Å². The van der Waals surface area contributed by atoms with E-state index in [0.717, 1.165) is 30.4 Å². The van der Waals surface area contributed by atoms with Crippen molar-refractivity contribution in [3.05, 3.63) is 52.8 Å². The van der Waals surface area contributed by atoms with Gasteiger partial charge in [-0.2, -0.15) is 9.30 Å². The zero-order chi connectivity index (χ0) is 28.1. The molecule has 0 aliphatic rings. The van der Waals surface area contributed by atoms with Crippen molar-refractivity contribution < 1.29 is 31.2 Å². The Hall–Kier alpha value is -2.87. The summed E-state index contributed by atoms with van der Waals surface area (Å²) < 4.78 is 58.4. The molecule has 38 heavy (non-hydrogen) atoms.